The molecule has 0 aromatic rings. The summed E-state index contributed by atoms with van der Waals surface area (Å²) in [7, 11) is -3.74. The van der Waals surface area contributed by atoms with Gasteiger partial charge in [-0.1, -0.05) is 0 Å². The van der Waals surface area contributed by atoms with Crippen molar-refractivity contribution in [2.24, 2.45) is 11.7 Å². The molecule has 9 heteroatoms. The normalized spacial score (nSPS) is 24.9. The third kappa shape index (κ3) is 4.77. The van der Waals surface area contributed by atoms with Gasteiger partial charge in [0.1, 0.15) is 6.04 Å². The number of carbonyl (C=O) groups excluding carboxylic acids is 2. The van der Waals surface area contributed by atoms with Gasteiger partial charge < -0.3 is 10.5 Å². The molecule has 2 N–H and O–H groups in total. The van der Waals surface area contributed by atoms with Crippen molar-refractivity contribution in [3.8, 4) is 0 Å². The summed E-state index contributed by atoms with van der Waals surface area (Å²) < 4.78 is 31.7. The second-order valence-electron chi connectivity index (χ2n) is 4.31. The second-order valence-corrected chi connectivity index (χ2v) is 5.87. The molecule has 0 bridgehead atoms. The lowest BCUT2D eigenvalue weighted by Gasteiger charge is -2.34. The largest absolute Gasteiger partial charge is 0.466 e. The summed E-state index contributed by atoms with van der Waals surface area (Å²) in [5.74, 6) is -1.62. The highest BCUT2D eigenvalue weighted by Gasteiger charge is 2.38. The Labute approximate surface area is 111 Å². The van der Waals surface area contributed by atoms with Crippen molar-refractivity contribution in [3.05, 3.63) is 0 Å². The molecule has 1 fully saturated rings. The molecule has 0 aromatic carbocycles. The van der Waals surface area contributed by atoms with Gasteiger partial charge in [0.15, 0.2) is 0 Å². The van der Waals surface area contributed by atoms with E-state index in [2.05, 4.69) is 0 Å². The summed E-state index contributed by atoms with van der Waals surface area (Å²) in [5, 5.41) is 1.01. The number of nitrogens with two attached hydrogens (primary N) is 1. The van der Waals surface area contributed by atoms with Crippen molar-refractivity contribution in [3.63, 3.8) is 0 Å². The number of hydrogen-bond donors (Lipinski definition) is 1. The molecule has 1 heterocycles. The molecule has 0 radical (unpaired) electrons. The molecular formula is C10H18N2O6S. The third-order valence-corrected chi connectivity index (χ3v) is 3.20. The van der Waals surface area contributed by atoms with Gasteiger partial charge in [0, 0.05) is 6.54 Å². The van der Waals surface area contributed by atoms with Crippen LogP contribution in [0.1, 0.15) is 19.8 Å². The van der Waals surface area contributed by atoms with Gasteiger partial charge in [-0.2, -0.15) is 17.8 Å². The number of rotatable bonds is 5. The molecule has 8 nitrogen and oxygen atoms in total. The summed E-state index contributed by atoms with van der Waals surface area (Å²) in [5.41, 5.74) is 5.21. The number of nitrogens with zero attached hydrogens (tertiary/aromatic N) is 1. The van der Waals surface area contributed by atoms with Crippen LogP contribution in [0, 0.1) is 5.92 Å². The van der Waals surface area contributed by atoms with Crippen LogP contribution in [0.3, 0.4) is 0 Å². The molecule has 1 saturated heterocycles. The van der Waals surface area contributed by atoms with Gasteiger partial charge >= 0.3 is 5.97 Å². The average molecular weight is 294 g/mol. The molecular weight excluding hydrogens is 276 g/mol. The lowest BCUT2D eigenvalue weighted by Crippen LogP contribution is -2.51. The predicted molar refractivity (Wildman–Crippen MR) is 65.0 cm³/mol. The van der Waals surface area contributed by atoms with Gasteiger partial charge in [-0.3, -0.25) is 9.59 Å². The Morgan fingerprint density at radius 3 is 2.53 bits per heavy atom. The first-order chi connectivity index (χ1) is 8.74. The van der Waals surface area contributed by atoms with Gasteiger partial charge in [-0.15, -0.1) is 0 Å². The molecule has 110 valence electrons. The maximum absolute atomic E-state index is 11.6. The van der Waals surface area contributed by atoms with Gasteiger partial charge in [-0.25, -0.2) is 0 Å². The Hall–Kier alpha value is -1.19. The minimum atomic E-state index is -3.74. The molecule has 0 saturated carbocycles. The summed E-state index contributed by atoms with van der Waals surface area (Å²) >= 11 is 0. The average Bonchev–Trinajstić information content (AvgIpc) is 2.27. The monoisotopic (exact) mass is 294 g/mol. The highest BCUT2D eigenvalue weighted by Crippen LogP contribution is 2.25. The van der Waals surface area contributed by atoms with E-state index in [1.807, 2.05) is 0 Å². The molecule has 1 aliphatic heterocycles. The number of ether oxygens (including phenoxy) is 1. The Morgan fingerprint density at radius 2 is 2.05 bits per heavy atom. The molecule has 1 amide bonds. The van der Waals surface area contributed by atoms with E-state index in [4.69, 9.17) is 14.8 Å². The van der Waals surface area contributed by atoms with Crippen LogP contribution >= 0.6 is 0 Å². The zero-order chi connectivity index (χ0) is 14.6. The first kappa shape index (κ1) is 15.9. The molecule has 0 aliphatic carbocycles. The molecule has 19 heavy (non-hydrogen) atoms. The third-order valence-electron chi connectivity index (χ3n) is 2.73. The van der Waals surface area contributed by atoms with Gasteiger partial charge in [-0.05, 0) is 19.8 Å². The van der Waals surface area contributed by atoms with E-state index in [0.717, 1.165) is 11.3 Å². The lowest BCUT2D eigenvalue weighted by molar-refractivity contribution is -0.162. The standard InChI is InChI=1S/C10H18N2O6S/c1-3-17-10(14)7-4-5-12(18-19(2,15)16)8(6-7)9(11)13/h7-8H,3-6H2,1-2H3,(H2,11,13). The van der Waals surface area contributed by atoms with Crippen molar-refractivity contribution < 1.29 is 27.0 Å². The van der Waals surface area contributed by atoms with Gasteiger partial charge in [0.2, 0.25) is 5.91 Å². The fourth-order valence-electron chi connectivity index (χ4n) is 1.94. The van der Waals surface area contributed by atoms with Crippen LogP contribution in [0.25, 0.3) is 0 Å². The summed E-state index contributed by atoms with van der Waals surface area (Å²) in [6, 6.07) is -0.960. The maximum atomic E-state index is 11.6. The summed E-state index contributed by atoms with van der Waals surface area (Å²) in [6.45, 7) is 2.05. The summed E-state index contributed by atoms with van der Waals surface area (Å²) in [4.78, 5) is 22.9. The quantitative estimate of drug-likeness (QED) is 0.647. The van der Waals surface area contributed by atoms with E-state index in [1.165, 1.54) is 0 Å². The van der Waals surface area contributed by atoms with Gasteiger partial charge in [0.25, 0.3) is 10.1 Å². The van der Waals surface area contributed by atoms with Crippen molar-refractivity contribution >= 4 is 22.0 Å². The fraction of sp³-hybridized carbons (Fsp3) is 0.800. The Kier molecular flexibility index (Phi) is 5.27. The van der Waals surface area contributed by atoms with Crippen LogP contribution in [0.4, 0.5) is 0 Å². The number of esters is 1. The lowest BCUT2D eigenvalue weighted by atomic mass is 9.92. The van der Waals surface area contributed by atoms with E-state index in [0.29, 0.717) is 6.42 Å². The Balaban J connectivity index is 2.75. The van der Waals surface area contributed by atoms with E-state index in [9.17, 15) is 18.0 Å². The number of piperidine rings is 1. The van der Waals surface area contributed by atoms with Crippen LogP contribution in [0.5, 0.6) is 0 Å². The van der Waals surface area contributed by atoms with Crippen LogP contribution < -0.4 is 5.73 Å². The van der Waals surface area contributed by atoms with Crippen LogP contribution in [-0.2, 0) is 28.7 Å². The number of primary amides is 1. The van der Waals surface area contributed by atoms with Gasteiger partial charge in [0.05, 0.1) is 18.8 Å². The van der Waals surface area contributed by atoms with Crippen molar-refractivity contribution in [2.45, 2.75) is 25.8 Å². The predicted octanol–water partition coefficient (Wildman–Crippen LogP) is -0.993. The first-order valence-corrected chi connectivity index (χ1v) is 7.68. The SMILES string of the molecule is CCOC(=O)C1CCN(OS(C)(=O)=O)C(C(N)=O)C1. The molecule has 2 unspecified atom stereocenters. The van der Waals surface area contributed by atoms with Crippen LogP contribution in [-0.4, -0.2) is 50.8 Å². The molecule has 1 aliphatic rings. The molecule has 0 aromatic heterocycles. The zero-order valence-corrected chi connectivity index (χ0v) is 11.7. The highest BCUT2D eigenvalue weighted by molar-refractivity contribution is 7.85. The molecule has 1 rings (SSSR count). The fourth-order valence-corrected chi connectivity index (χ4v) is 2.47. The smallest absolute Gasteiger partial charge is 0.309 e. The van der Waals surface area contributed by atoms with E-state index in [-0.39, 0.29) is 19.6 Å². The molecule has 2 atom stereocenters. The van der Waals surface area contributed by atoms with E-state index in [1.54, 1.807) is 6.92 Å². The summed E-state index contributed by atoms with van der Waals surface area (Å²) in [6.07, 6.45) is 1.31. The van der Waals surface area contributed by atoms with E-state index < -0.39 is 34.0 Å². The van der Waals surface area contributed by atoms with Crippen LogP contribution in [0.15, 0.2) is 0 Å². The first-order valence-electron chi connectivity index (χ1n) is 5.86. The zero-order valence-electron chi connectivity index (χ0n) is 10.9. The Bertz CT molecular complexity index is 449. The number of hydroxylamine groups is 2. The highest BCUT2D eigenvalue weighted by atomic mass is 32.2. The van der Waals surface area contributed by atoms with Crippen molar-refractivity contribution in [1.82, 2.24) is 5.06 Å². The van der Waals surface area contributed by atoms with Crippen LogP contribution in [0.2, 0.25) is 0 Å². The minimum Gasteiger partial charge on any atom is -0.466 e. The minimum absolute atomic E-state index is 0.0870. The number of carbonyl (C=O) groups is 2. The Morgan fingerprint density at radius 1 is 1.42 bits per heavy atom. The second kappa shape index (κ2) is 6.31. The number of amides is 1. The molecule has 0 spiro atoms. The van der Waals surface area contributed by atoms with Crippen molar-refractivity contribution in [1.29, 1.82) is 0 Å². The maximum Gasteiger partial charge on any atom is 0.309 e. The topological polar surface area (TPSA) is 116 Å². The van der Waals surface area contributed by atoms with Crippen molar-refractivity contribution in [2.75, 3.05) is 19.4 Å². The number of hydrogen-bond acceptors (Lipinski definition) is 7. The van der Waals surface area contributed by atoms with E-state index >= 15 is 0 Å².